The van der Waals surface area contributed by atoms with Crippen LogP contribution in [0.15, 0.2) is 109 Å². The van der Waals surface area contributed by atoms with Gasteiger partial charge in [0.05, 0.1) is 17.8 Å². The zero-order valence-electron chi connectivity index (χ0n) is 28.9. The first kappa shape index (κ1) is 36.6. The molecule has 0 radical (unpaired) electrons. The van der Waals surface area contributed by atoms with Gasteiger partial charge in [0.25, 0.3) is 0 Å². The van der Waals surface area contributed by atoms with Gasteiger partial charge in [0.15, 0.2) is 0 Å². The van der Waals surface area contributed by atoms with Gasteiger partial charge in [-0.3, -0.25) is 19.2 Å². The molecule has 5 rings (SSSR count). The van der Waals surface area contributed by atoms with Crippen LogP contribution < -0.4 is 9.47 Å². The van der Waals surface area contributed by atoms with Crippen LogP contribution in [0.2, 0.25) is 0 Å². The minimum Gasteiger partial charge on any atom is -0.481 e. The quantitative estimate of drug-likeness (QED) is 0.116. The molecule has 4 unspecified atom stereocenters. The van der Waals surface area contributed by atoms with E-state index >= 15 is 0 Å². The number of amides is 2. The molecule has 1 aliphatic carbocycles. The number of carbonyl (C=O) groups is 4. The second-order valence-electron chi connectivity index (χ2n) is 12.8. The number of ether oxygens (including phenoxy) is 2. The van der Waals surface area contributed by atoms with Crippen molar-refractivity contribution < 1.29 is 38.9 Å². The van der Waals surface area contributed by atoms with Crippen molar-refractivity contribution in [1.29, 1.82) is 0 Å². The highest BCUT2D eigenvalue weighted by atomic mass is 16.5. The van der Waals surface area contributed by atoms with E-state index in [-0.39, 0.29) is 13.1 Å². The fourth-order valence-electron chi connectivity index (χ4n) is 6.78. The van der Waals surface area contributed by atoms with Gasteiger partial charge in [-0.2, -0.15) is 0 Å². The summed E-state index contributed by atoms with van der Waals surface area (Å²) in [7, 11) is 0. The Balaban J connectivity index is 1.36. The lowest BCUT2D eigenvalue weighted by Crippen LogP contribution is -2.62. The molecular formula is C41H44N2O8. The Labute approximate surface area is 298 Å². The first-order chi connectivity index (χ1) is 24.7. The van der Waals surface area contributed by atoms with Gasteiger partial charge in [-0.1, -0.05) is 74.5 Å². The molecule has 10 nitrogen and oxygen atoms in total. The molecule has 0 spiro atoms. The largest absolute Gasteiger partial charge is 0.481 e. The highest BCUT2D eigenvalue weighted by molar-refractivity contribution is 5.95. The highest BCUT2D eigenvalue weighted by Gasteiger charge is 2.62. The van der Waals surface area contributed by atoms with Crippen LogP contribution in [-0.2, 0) is 32.3 Å². The number of hydrogen-bond acceptors (Lipinski definition) is 6. The van der Waals surface area contributed by atoms with Crippen molar-refractivity contribution in [2.75, 3.05) is 13.1 Å². The molecule has 10 heteroatoms. The molecule has 2 amide bonds. The van der Waals surface area contributed by atoms with Crippen molar-refractivity contribution in [2.45, 2.75) is 46.2 Å². The number of aliphatic carboxylic acids is 2. The average Bonchev–Trinajstić information content (AvgIpc) is 3.11. The van der Waals surface area contributed by atoms with Gasteiger partial charge in [0.1, 0.15) is 23.0 Å². The maximum Gasteiger partial charge on any atom is 0.307 e. The van der Waals surface area contributed by atoms with Gasteiger partial charge in [-0.05, 0) is 78.4 Å². The van der Waals surface area contributed by atoms with Crippen molar-refractivity contribution in [3.05, 3.63) is 120 Å². The Morgan fingerprint density at radius 3 is 1.31 bits per heavy atom. The van der Waals surface area contributed by atoms with Gasteiger partial charge < -0.3 is 29.5 Å². The lowest BCUT2D eigenvalue weighted by molar-refractivity contribution is -0.181. The third kappa shape index (κ3) is 9.33. The Bertz CT molecular complexity index is 1760. The summed E-state index contributed by atoms with van der Waals surface area (Å²) in [6, 6.07) is 33.3. The number of para-hydroxylation sites is 2. The van der Waals surface area contributed by atoms with Crippen LogP contribution in [0.1, 0.15) is 44.2 Å². The lowest BCUT2D eigenvalue weighted by Gasteiger charge is -2.50. The first-order valence-corrected chi connectivity index (χ1v) is 17.3. The Hall–Kier alpha value is -5.64. The molecule has 0 heterocycles. The molecular weight excluding hydrogens is 648 g/mol. The van der Waals surface area contributed by atoms with Crippen LogP contribution in [0.5, 0.6) is 23.0 Å². The Morgan fingerprint density at radius 1 is 0.549 bits per heavy atom. The average molecular weight is 693 g/mol. The molecule has 51 heavy (non-hydrogen) atoms. The van der Waals surface area contributed by atoms with Crippen LogP contribution in [0.3, 0.4) is 0 Å². The summed E-state index contributed by atoms with van der Waals surface area (Å²) in [6.45, 7) is 4.94. The van der Waals surface area contributed by atoms with Crippen LogP contribution in [-0.4, -0.2) is 56.9 Å². The van der Waals surface area contributed by atoms with Gasteiger partial charge in [0.2, 0.25) is 11.8 Å². The maximum absolute atomic E-state index is 14.4. The van der Waals surface area contributed by atoms with E-state index in [1.165, 1.54) is 0 Å². The zero-order valence-corrected chi connectivity index (χ0v) is 28.9. The summed E-state index contributed by atoms with van der Waals surface area (Å²) < 4.78 is 11.8. The molecule has 1 aliphatic rings. The van der Waals surface area contributed by atoms with E-state index in [0.29, 0.717) is 48.9 Å². The van der Waals surface area contributed by atoms with Crippen LogP contribution >= 0.6 is 0 Å². The van der Waals surface area contributed by atoms with Crippen molar-refractivity contribution >= 4 is 23.8 Å². The summed E-state index contributed by atoms with van der Waals surface area (Å²) >= 11 is 0. The third-order valence-corrected chi connectivity index (χ3v) is 9.12. The monoisotopic (exact) mass is 692 g/mol. The van der Waals surface area contributed by atoms with Crippen molar-refractivity contribution in [1.82, 2.24) is 9.80 Å². The van der Waals surface area contributed by atoms with Gasteiger partial charge in [0, 0.05) is 32.6 Å². The number of carboxylic acids is 2. The number of nitrogens with zero attached hydrogens (tertiary/aromatic N) is 2. The van der Waals surface area contributed by atoms with Crippen molar-refractivity contribution in [2.24, 2.45) is 23.7 Å². The fraction of sp³-hybridized carbons (Fsp3) is 0.317. The smallest absolute Gasteiger partial charge is 0.307 e. The summed E-state index contributed by atoms with van der Waals surface area (Å²) in [4.78, 5) is 56.4. The van der Waals surface area contributed by atoms with E-state index in [0.717, 1.165) is 11.1 Å². The molecule has 0 bridgehead atoms. The van der Waals surface area contributed by atoms with E-state index in [2.05, 4.69) is 0 Å². The molecule has 0 aliphatic heterocycles. The molecule has 266 valence electrons. The SMILES string of the molecule is CCCN(Cc1ccc(Oc2ccccc2)cc1)C(=O)C1C(CC(=O)O)C(C(=O)O)C1C(=O)N(CCC)Cc1ccc(Oc2ccccc2)cc1. The zero-order chi connectivity index (χ0) is 36.3. The van der Waals surface area contributed by atoms with E-state index in [1.54, 1.807) is 21.9 Å². The standard InChI is InChI=1S/C41H44N2O8/c1-3-23-42(26-28-15-19-32(20-16-28)50-30-11-7-5-8-12-30)39(46)36-34(25-35(44)45)37(41(48)49)38(36)40(47)43(24-4-2)27-29-17-21-33(22-18-29)51-31-13-9-6-10-14-31/h5-22,34,36-38H,3-4,23-27H2,1-2H3,(H,44,45)(H,48,49). The lowest BCUT2D eigenvalue weighted by atomic mass is 9.54. The minimum absolute atomic E-state index is 0.196. The Morgan fingerprint density at radius 2 is 0.941 bits per heavy atom. The topological polar surface area (TPSA) is 134 Å². The van der Waals surface area contributed by atoms with Crippen LogP contribution in [0.25, 0.3) is 0 Å². The first-order valence-electron chi connectivity index (χ1n) is 17.3. The molecule has 4 aromatic rings. The number of benzene rings is 4. The van der Waals surface area contributed by atoms with E-state index < -0.39 is 53.8 Å². The number of rotatable bonds is 17. The highest BCUT2D eigenvalue weighted by Crippen LogP contribution is 2.50. The van der Waals surface area contributed by atoms with Crippen molar-refractivity contribution in [3.8, 4) is 23.0 Å². The summed E-state index contributed by atoms with van der Waals surface area (Å²) in [5, 5.41) is 20.0. The predicted octanol–water partition coefficient (Wildman–Crippen LogP) is 7.49. The summed E-state index contributed by atoms with van der Waals surface area (Å²) in [6.07, 6.45) is 0.692. The molecule has 1 fully saturated rings. The fourth-order valence-corrected chi connectivity index (χ4v) is 6.78. The molecule has 0 aromatic heterocycles. The van der Waals surface area contributed by atoms with Gasteiger partial charge >= 0.3 is 11.9 Å². The van der Waals surface area contributed by atoms with E-state index in [4.69, 9.17) is 9.47 Å². The van der Waals surface area contributed by atoms with E-state index in [1.807, 2.05) is 111 Å². The predicted molar refractivity (Wildman–Crippen MR) is 191 cm³/mol. The van der Waals surface area contributed by atoms with Gasteiger partial charge in [-0.25, -0.2) is 0 Å². The number of carboxylic acid groups (broad SMARTS) is 2. The Kier molecular flexibility index (Phi) is 12.5. The van der Waals surface area contributed by atoms with Gasteiger partial charge in [-0.15, -0.1) is 0 Å². The second kappa shape index (κ2) is 17.3. The third-order valence-electron chi connectivity index (χ3n) is 9.12. The minimum atomic E-state index is -1.30. The summed E-state index contributed by atoms with van der Waals surface area (Å²) in [5.41, 5.74) is 1.62. The van der Waals surface area contributed by atoms with Crippen LogP contribution in [0.4, 0.5) is 0 Å². The molecule has 2 N–H and O–H groups in total. The molecule has 1 saturated carbocycles. The van der Waals surface area contributed by atoms with Crippen LogP contribution in [0, 0.1) is 23.7 Å². The van der Waals surface area contributed by atoms with Crippen molar-refractivity contribution in [3.63, 3.8) is 0 Å². The second-order valence-corrected chi connectivity index (χ2v) is 12.8. The molecule has 0 saturated heterocycles. The normalized spacial score (nSPS) is 17.8. The van der Waals surface area contributed by atoms with E-state index in [9.17, 15) is 29.4 Å². The number of carbonyl (C=O) groups excluding carboxylic acids is 2. The molecule has 4 aromatic carbocycles. The number of hydrogen-bond donors (Lipinski definition) is 2. The molecule has 4 atom stereocenters. The maximum atomic E-state index is 14.4. The summed E-state index contributed by atoms with van der Waals surface area (Å²) in [5.74, 6) is -5.36.